The molecular formula is C20H33N3. The Hall–Kier alpha value is -1.09. The molecule has 0 spiro atoms. The van der Waals surface area contributed by atoms with E-state index in [1.807, 2.05) is 6.20 Å². The number of aromatic nitrogens is 1. The first kappa shape index (κ1) is 16.8. The Morgan fingerprint density at radius 2 is 2.17 bits per heavy atom. The van der Waals surface area contributed by atoms with Crippen LogP contribution in [0.25, 0.3) is 0 Å². The summed E-state index contributed by atoms with van der Waals surface area (Å²) in [5.41, 5.74) is 4.42. The zero-order valence-electron chi connectivity index (χ0n) is 15.2. The zero-order chi connectivity index (χ0) is 16.3. The van der Waals surface area contributed by atoms with E-state index in [1.54, 1.807) is 0 Å². The van der Waals surface area contributed by atoms with Gasteiger partial charge in [-0.3, -0.25) is 4.98 Å². The second kappa shape index (κ2) is 7.21. The molecule has 1 aliphatic heterocycles. The van der Waals surface area contributed by atoms with Gasteiger partial charge in [0.15, 0.2) is 0 Å². The van der Waals surface area contributed by atoms with E-state index in [1.165, 1.54) is 55.5 Å². The van der Waals surface area contributed by atoms with Crippen molar-refractivity contribution in [2.24, 2.45) is 5.92 Å². The predicted molar refractivity (Wildman–Crippen MR) is 98.2 cm³/mol. The molecule has 128 valence electrons. The first-order valence-electron chi connectivity index (χ1n) is 9.62. The minimum absolute atomic E-state index is 0.310. The highest BCUT2D eigenvalue weighted by atomic mass is 15.2. The Morgan fingerprint density at radius 1 is 1.35 bits per heavy atom. The Kier molecular flexibility index (Phi) is 5.25. The zero-order valence-corrected chi connectivity index (χ0v) is 15.2. The quantitative estimate of drug-likeness (QED) is 0.857. The summed E-state index contributed by atoms with van der Waals surface area (Å²) in [6.45, 7) is 10.2. The van der Waals surface area contributed by atoms with Gasteiger partial charge >= 0.3 is 0 Å². The lowest BCUT2D eigenvalue weighted by molar-refractivity contribution is 0.176. The van der Waals surface area contributed by atoms with Gasteiger partial charge in [0.1, 0.15) is 0 Å². The van der Waals surface area contributed by atoms with Crippen LogP contribution in [0.5, 0.6) is 0 Å². The van der Waals surface area contributed by atoms with E-state index in [0.717, 1.165) is 32.0 Å². The number of rotatable bonds is 6. The topological polar surface area (TPSA) is 28.2 Å². The van der Waals surface area contributed by atoms with Crippen LogP contribution in [0, 0.1) is 12.8 Å². The molecule has 1 saturated heterocycles. The monoisotopic (exact) mass is 315 g/mol. The van der Waals surface area contributed by atoms with Crippen molar-refractivity contribution in [2.75, 3.05) is 24.5 Å². The smallest absolute Gasteiger partial charge is 0.0433 e. The van der Waals surface area contributed by atoms with Crippen molar-refractivity contribution in [2.45, 2.75) is 71.3 Å². The molecule has 1 atom stereocenters. The van der Waals surface area contributed by atoms with Crippen LogP contribution in [-0.4, -0.2) is 30.2 Å². The van der Waals surface area contributed by atoms with Crippen LogP contribution in [-0.2, 0) is 6.42 Å². The van der Waals surface area contributed by atoms with E-state index in [9.17, 15) is 0 Å². The maximum Gasteiger partial charge on any atom is 0.0433 e. The molecule has 1 aromatic heterocycles. The molecule has 0 amide bonds. The highest BCUT2D eigenvalue weighted by Crippen LogP contribution is 2.37. The third-order valence-corrected chi connectivity index (χ3v) is 6.04. The van der Waals surface area contributed by atoms with Gasteiger partial charge in [0.2, 0.25) is 0 Å². The highest BCUT2D eigenvalue weighted by molar-refractivity contribution is 5.55. The van der Waals surface area contributed by atoms with E-state index in [2.05, 4.69) is 42.0 Å². The lowest BCUT2D eigenvalue weighted by Gasteiger charge is -2.47. The average molecular weight is 316 g/mol. The van der Waals surface area contributed by atoms with Crippen molar-refractivity contribution in [1.82, 2.24) is 10.3 Å². The maximum atomic E-state index is 4.54. The fraction of sp³-hybridized carbons (Fsp3) is 0.750. The highest BCUT2D eigenvalue weighted by Gasteiger charge is 2.37. The number of piperazine rings is 1. The van der Waals surface area contributed by atoms with Gasteiger partial charge in [-0.2, -0.15) is 0 Å². The molecule has 1 N–H and O–H groups in total. The first-order valence-corrected chi connectivity index (χ1v) is 9.62. The summed E-state index contributed by atoms with van der Waals surface area (Å²) in [5.74, 6) is 0.955. The SMILES string of the molecule is CCCc1c(N2CCNC(CC)(CC3CCC3)C2)ccnc1C. The van der Waals surface area contributed by atoms with Crippen molar-refractivity contribution in [3.05, 3.63) is 23.5 Å². The van der Waals surface area contributed by atoms with E-state index in [0.29, 0.717) is 5.54 Å². The number of hydrogen-bond donors (Lipinski definition) is 1. The largest absolute Gasteiger partial charge is 0.368 e. The van der Waals surface area contributed by atoms with E-state index < -0.39 is 0 Å². The fourth-order valence-electron chi connectivity index (χ4n) is 4.37. The van der Waals surface area contributed by atoms with Crippen LogP contribution in [0.1, 0.15) is 63.6 Å². The summed E-state index contributed by atoms with van der Waals surface area (Å²) in [4.78, 5) is 7.18. The molecule has 1 aliphatic carbocycles. The summed E-state index contributed by atoms with van der Waals surface area (Å²) in [5, 5.41) is 3.89. The van der Waals surface area contributed by atoms with Gasteiger partial charge in [-0.15, -0.1) is 0 Å². The number of pyridine rings is 1. The molecule has 2 fully saturated rings. The maximum absolute atomic E-state index is 4.54. The third-order valence-electron chi connectivity index (χ3n) is 6.04. The molecule has 3 heteroatoms. The molecule has 3 nitrogen and oxygen atoms in total. The molecule has 0 aromatic carbocycles. The second-order valence-corrected chi connectivity index (χ2v) is 7.63. The Bertz CT molecular complexity index is 524. The van der Waals surface area contributed by atoms with Crippen LogP contribution in [0.2, 0.25) is 0 Å². The summed E-state index contributed by atoms with van der Waals surface area (Å²) in [6, 6.07) is 2.24. The Morgan fingerprint density at radius 3 is 2.83 bits per heavy atom. The molecule has 1 aromatic rings. The second-order valence-electron chi connectivity index (χ2n) is 7.63. The number of hydrogen-bond acceptors (Lipinski definition) is 3. The van der Waals surface area contributed by atoms with E-state index in [-0.39, 0.29) is 0 Å². The number of nitrogens with zero attached hydrogens (tertiary/aromatic N) is 2. The molecule has 2 heterocycles. The van der Waals surface area contributed by atoms with Gasteiger partial charge in [0.25, 0.3) is 0 Å². The van der Waals surface area contributed by atoms with Gasteiger partial charge in [-0.05, 0) is 43.7 Å². The standard InChI is InChI=1S/C20H33N3/c1-4-7-18-16(3)21-11-10-19(18)23-13-12-22-20(5-2,15-23)14-17-8-6-9-17/h10-11,17,22H,4-9,12-15H2,1-3H3. The normalized spacial score (nSPS) is 25.4. The predicted octanol–water partition coefficient (Wildman–Crippen LogP) is 4.09. The Labute approximate surface area is 141 Å². The van der Waals surface area contributed by atoms with Crippen molar-refractivity contribution in [3.63, 3.8) is 0 Å². The minimum atomic E-state index is 0.310. The first-order chi connectivity index (χ1) is 11.2. The third kappa shape index (κ3) is 3.55. The molecular weight excluding hydrogens is 282 g/mol. The van der Waals surface area contributed by atoms with Crippen molar-refractivity contribution >= 4 is 5.69 Å². The molecule has 1 unspecified atom stereocenters. The van der Waals surface area contributed by atoms with Crippen molar-refractivity contribution in [1.29, 1.82) is 0 Å². The lowest BCUT2D eigenvalue weighted by atomic mass is 9.74. The molecule has 3 rings (SSSR count). The molecule has 2 aliphatic rings. The van der Waals surface area contributed by atoms with Crippen molar-refractivity contribution < 1.29 is 0 Å². The van der Waals surface area contributed by atoms with E-state index >= 15 is 0 Å². The molecule has 23 heavy (non-hydrogen) atoms. The Balaban J connectivity index is 1.81. The van der Waals surface area contributed by atoms with Crippen LogP contribution in [0.4, 0.5) is 5.69 Å². The average Bonchev–Trinajstić information content (AvgIpc) is 2.53. The number of nitrogens with one attached hydrogen (secondary N) is 1. The van der Waals surface area contributed by atoms with Crippen LogP contribution < -0.4 is 10.2 Å². The van der Waals surface area contributed by atoms with Gasteiger partial charge < -0.3 is 10.2 Å². The van der Waals surface area contributed by atoms with Crippen molar-refractivity contribution in [3.8, 4) is 0 Å². The van der Waals surface area contributed by atoms with Gasteiger partial charge in [-0.1, -0.05) is 39.5 Å². The number of anilines is 1. The lowest BCUT2D eigenvalue weighted by Crippen LogP contribution is -2.61. The summed E-state index contributed by atoms with van der Waals surface area (Å²) in [6.07, 6.45) is 11.2. The van der Waals surface area contributed by atoms with Gasteiger partial charge in [-0.25, -0.2) is 0 Å². The molecule has 1 saturated carbocycles. The van der Waals surface area contributed by atoms with E-state index in [4.69, 9.17) is 0 Å². The summed E-state index contributed by atoms with van der Waals surface area (Å²) < 4.78 is 0. The van der Waals surface area contributed by atoms with Gasteiger partial charge in [0, 0.05) is 42.8 Å². The fourth-order valence-corrected chi connectivity index (χ4v) is 4.37. The molecule has 0 bridgehead atoms. The number of aryl methyl sites for hydroxylation is 1. The molecule has 0 radical (unpaired) electrons. The van der Waals surface area contributed by atoms with Crippen LogP contribution in [0.15, 0.2) is 12.3 Å². The summed E-state index contributed by atoms with van der Waals surface area (Å²) in [7, 11) is 0. The van der Waals surface area contributed by atoms with Crippen LogP contribution >= 0.6 is 0 Å². The minimum Gasteiger partial charge on any atom is -0.368 e. The van der Waals surface area contributed by atoms with Gasteiger partial charge in [0.05, 0.1) is 0 Å². The summed E-state index contributed by atoms with van der Waals surface area (Å²) >= 11 is 0. The van der Waals surface area contributed by atoms with Crippen LogP contribution in [0.3, 0.4) is 0 Å².